The molecule has 1 aromatic heterocycles. The van der Waals surface area contributed by atoms with E-state index in [0.717, 1.165) is 24.4 Å². The van der Waals surface area contributed by atoms with Crippen LogP contribution >= 0.6 is 0 Å². The first-order chi connectivity index (χ1) is 6.72. The summed E-state index contributed by atoms with van der Waals surface area (Å²) in [5.74, 6) is 0. The summed E-state index contributed by atoms with van der Waals surface area (Å²) >= 11 is 0. The van der Waals surface area contributed by atoms with E-state index in [1.54, 1.807) is 7.11 Å². The molecule has 1 aromatic rings. The molecule has 0 fully saturated rings. The molecule has 1 heterocycles. The van der Waals surface area contributed by atoms with E-state index in [0.29, 0.717) is 6.04 Å². The van der Waals surface area contributed by atoms with Crippen LogP contribution in [-0.4, -0.2) is 24.7 Å². The number of pyridine rings is 1. The SMILES string of the molecule is COCCC(C)Nc1ccnc(C)c1. The highest BCUT2D eigenvalue weighted by Gasteiger charge is 2.01. The summed E-state index contributed by atoms with van der Waals surface area (Å²) in [6.07, 6.45) is 2.83. The molecule has 3 heteroatoms. The fourth-order valence-electron chi connectivity index (χ4n) is 1.29. The number of hydrogen-bond acceptors (Lipinski definition) is 3. The smallest absolute Gasteiger partial charge is 0.0481 e. The van der Waals surface area contributed by atoms with Crippen molar-refractivity contribution in [3.8, 4) is 0 Å². The predicted molar refractivity (Wildman–Crippen MR) is 58.6 cm³/mol. The zero-order valence-electron chi connectivity index (χ0n) is 9.08. The maximum Gasteiger partial charge on any atom is 0.0481 e. The third kappa shape index (κ3) is 3.75. The second kappa shape index (κ2) is 5.60. The molecule has 1 rings (SSSR count). The minimum atomic E-state index is 0.428. The van der Waals surface area contributed by atoms with E-state index in [1.165, 1.54) is 0 Å². The Morgan fingerprint density at radius 2 is 2.36 bits per heavy atom. The van der Waals surface area contributed by atoms with Crippen LogP contribution < -0.4 is 5.32 Å². The van der Waals surface area contributed by atoms with E-state index in [9.17, 15) is 0 Å². The predicted octanol–water partition coefficient (Wildman–Crippen LogP) is 2.23. The van der Waals surface area contributed by atoms with E-state index in [-0.39, 0.29) is 0 Å². The van der Waals surface area contributed by atoms with Gasteiger partial charge in [0, 0.05) is 37.3 Å². The first-order valence-corrected chi connectivity index (χ1v) is 4.90. The second-order valence-electron chi connectivity index (χ2n) is 3.51. The number of hydrogen-bond donors (Lipinski definition) is 1. The summed E-state index contributed by atoms with van der Waals surface area (Å²) < 4.78 is 5.02. The molecule has 3 nitrogen and oxygen atoms in total. The van der Waals surface area contributed by atoms with Crippen LogP contribution in [0.3, 0.4) is 0 Å². The maximum atomic E-state index is 5.02. The van der Waals surface area contributed by atoms with E-state index < -0.39 is 0 Å². The Morgan fingerprint density at radius 1 is 1.57 bits per heavy atom. The molecule has 1 unspecified atom stereocenters. The van der Waals surface area contributed by atoms with Gasteiger partial charge in [0.25, 0.3) is 0 Å². The molecule has 0 aliphatic carbocycles. The van der Waals surface area contributed by atoms with Crippen molar-refractivity contribution < 1.29 is 4.74 Å². The lowest BCUT2D eigenvalue weighted by Gasteiger charge is -2.14. The van der Waals surface area contributed by atoms with Crippen molar-refractivity contribution in [3.63, 3.8) is 0 Å². The number of ether oxygens (including phenoxy) is 1. The second-order valence-corrected chi connectivity index (χ2v) is 3.51. The molecular formula is C11H18N2O. The Kier molecular flexibility index (Phi) is 4.40. The van der Waals surface area contributed by atoms with E-state index in [1.807, 2.05) is 25.3 Å². The number of nitrogens with zero attached hydrogens (tertiary/aromatic N) is 1. The monoisotopic (exact) mass is 194 g/mol. The van der Waals surface area contributed by atoms with E-state index >= 15 is 0 Å². The summed E-state index contributed by atoms with van der Waals surface area (Å²) in [6.45, 7) is 4.93. The molecule has 0 aliphatic heterocycles. The Morgan fingerprint density at radius 3 is 3.00 bits per heavy atom. The van der Waals surface area contributed by atoms with Gasteiger partial charge in [0.15, 0.2) is 0 Å². The van der Waals surface area contributed by atoms with Crippen molar-refractivity contribution in [2.24, 2.45) is 0 Å². The van der Waals surface area contributed by atoms with Gasteiger partial charge >= 0.3 is 0 Å². The van der Waals surface area contributed by atoms with Crippen molar-refractivity contribution >= 4 is 5.69 Å². The maximum absolute atomic E-state index is 5.02. The van der Waals surface area contributed by atoms with E-state index in [4.69, 9.17) is 4.74 Å². The number of nitrogens with one attached hydrogen (secondary N) is 1. The lowest BCUT2D eigenvalue weighted by atomic mass is 10.2. The lowest BCUT2D eigenvalue weighted by molar-refractivity contribution is 0.191. The molecule has 0 saturated heterocycles. The molecule has 1 N–H and O–H groups in total. The molecule has 0 spiro atoms. The highest BCUT2D eigenvalue weighted by atomic mass is 16.5. The largest absolute Gasteiger partial charge is 0.385 e. The highest BCUT2D eigenvalue weighted by molar-refractivity contribution is 5.43. The summed E-state index contributed by atoms with van der Waals surface area (Å²) in [4.78, 5) is 4.14. The summed E-state index contributed by atoms with van der Waals surface area (Å²) in [6, 6.07) is 4.45. The standard InChI is InChI=1S/C11H18N2O/c1-9(5-7-14-3)13-11-4-6-12-10(2)8-11/h4,6,8-9H,5,7H2,1-3H3,(H,12,13). The normalized spacial score (nSPS) is 12.5. The van der Waals surface area contributed by atoms with Crippen LogP contribution in [0.5, 0.6) is 0 Å². The molecule has 0 aromatic carbocycles. The number of methoxy groups -OCH3 is 1. The molecule has 0 amide bonds. The third-order valence-corrected chi connectivity index (χ3v) is 2.06. The van der Waals surface area contributed by atoms with Crippen molar-refractivity contribution in [1.29, 1.82) is 0 Å². The Labute approximate surface area is 85.5 Å². The zero-order valence-corrected chi connectivity index (χ0v) is 9.08. The van der Waals surface area contributed by atoms with Crippen LogP contribution in [-0.2, 0) is 4.74 Å². The molecule has 0 aliphatic rings. The van der Waals surface area contributed by atoms with Crippen LogP contribution in [0, 0.1) is 6.92 Å². The van der Waals surface area contributed by atoms with Gasteiger partial charge in [-0.2, -0.15) is 0 Å². The van der Waals surface area contributed by atoms with Crippen molar-refractivity contribution in [1.82, 2.24) is 4.98 Å². The topological polar surface area (TPSA) is 34.1 Å². The third-order valence-electron chi connectivity index (χ3n) is 2.06. The quantitative estimate of drug-likeness (QED) is 0.780. The summed E-state index contributed by atoms with van der Waals surface area (Å²) in [5.41, 5.74) is 2.16. The fourth-order valence-corrected chi connectivity index (χ4v) is 1.29. The van der Waals surface area contributed by atoms with E-state index in [2.05, 4.69) is 17.2 Å². The minimum absolute atomic E-state index is 0.428. The number of aromatic nitrogens is 1. The van der Waals surface area contributed by atoms with Gasteiger partial charge in [-0.15, -0.1) is 0 Å². The molecule has 0 radical (unpaired) electrons. The molecule has 0 bridgehead atoms. The Hall–Kier alpha value is -1.09. The summed E-state index contributed by atoms with van der Waals surface area (Å²) in [7, 11) is 1.73. The molecule has 78 valence electrons. The Bertz CT molecular complexity index is 276. The number of rotatable bonds is 5. The van der Waals surface area contributed by atoms with Crippen LogP contribution in [0.2, 0.25) is 0 Å². The van der Waals surface area contributed by atoms with Crippen LogP contribution in [0.25, 0.3) is 0 Å². The van der Waals surface area contributed by atoms with Crippen molar-refractivity contribution in [3.05, 3.63) is 24.0 Å². The highest BCUT2D eigenvalue weighted by Crippen LogP contribution is 2.09. The molecular weight excluding hydrogens is 176 g/mol. The minimum Gasteiger partial charge on any atom is -0.385 e. The first-order valence-electron chi connectivity index (χ1n) is 4.90. The van der Waals surface area contributed by atoms with Crippen molar-refractivity contribution in [2.75, 3.05) is 19.0 Å². The van der Waals surface area contributed by atoms with Gasteiger partial charge in [-0.05, 0) is 32.4 Å². The van der Waals surface area contributed by atoms with Crippen LogP contribution in [0.15, 0.2) is 18.3 Å². The number of aryl methyl sites for hydroxylation is 1. The van der Waals surface area contributed by atoms with Crippen LogP contribution in [0.1, 0.15) is 19.0 Å². The van der Waals surface area contributed by atoms with Gasteiger partial charge in [-0.1, -0.05) is 0 Å². The van der Waals surface area contributed by atoms with Gasteiger partial charge in [-0.3, -0.25) is 4.98 Å². The van der Waals surface area contributed by atoms with Crippen molar-refractivity contribution in [2.45, 2.75) is 26.3 Å². The molecule has 1 atom stereocenters. The van der Waals surface area contributed by atoms with Gasteiger partial charge in [0.1, 0.15) is 0 Å². The van der Waals surface area contributed by atoms with Crippen LogP contribution in [0.4, 0.5) is 5.69 Å². The lowest BCUT2D eigenvalue weighted by Crippen LogP contribution is -2.17. The van der Waals surface area contributed by atoms with Gasteiger partial charge < -0.3 is 10.1 Å². The average Bonchev–Trinajstić information content (AvgIpc) is 2.15. The van der Waals surface area contributed by atoms with Gasteiger partial charge in [-0.25, -0.2) is 0 Å². The number of anilines is 1. The molecule has 0 saturated carbocycles. The molecule has 14 heavy (non-hydrogen) atoms. The van der Waals surface area contributed by atoms with Gasteiger partial charge in [0.2, 0.25) is 0 Å². The first kappa shape index (κ1) is 11.0. The fraction of sp³-hybridized carbons (Fsp3) is 0.545. The average molecular weight is 194 g/mol. The zero-order chi connectivity index (χ0) is 10.4. The summed E-state index contributed by atoms with van der Waals surface area (Å²) in [5, 5.41) is 3.40. The Balaban J connectivity index is 2.43. The van der Waals surface area contributed by atoms with Gasteiger partial charge in [0.05, 0.1) is 0 Å².